The van der Waals surface area contributed by atoms with Gasteiger partial charge in [0.05, 0.1) is 6.61 Å². The van der Waals surface area contributed by atoms with Crippen molar-refractivity contribution in [2.75, 3.05) is 13.2 Å². The van der Waals surface area contributed by atoms with Gasteiger partial charge >= 0.3 is 0 Å². The van der Waals surface area contributed by atoms with Gasteiger partial charge in [0, 0.05) is 11.5 Å². The van der Waals surface area contributed by atoms with Crippen LogP contribution in [0.4, 0.5) is 0 Å². The van der Waals surface area contributed by atoms with Gasteiger partial charge < -0.3 is 21.4 Å². The highest BCUT2D eigenvalue weighted by Crippen LogP contribution is 2.23. The van der Waals surface area contributed by atoms with Crippen LogP contribution in [0.3, 0.4) is 0 Å². The van der Waals surface area contributed by atoms with Gasteiger partial charge in [-0.2, -0.15) is 0 Å². The zero-order chi connectivity index (χ0) is 13.3. The van der Waals surface area contributed by atoms with Crippen molar-refractivity contribution in [1.29, 1.82) is 0 Å². The summed E-state index contributed by atoms with van der Waals surface area (Å²) in [6.45, 7) is 7.07. The van der Waals surface area contributed by atoms with E-state index in [1.165, 1.54) is 0 Å². The number of unbranched alkanes of at least 4 members (excludes halogenated alkanes) is 1. The molecule has 0 amide bonds. The van der Waals surface area contributed by atoms with Gasteiger partial charge in [-0.15, -0.1) is 0 Å². The van der Waals surface area contributed by atoms with E-state index in [0.29, 0.717) is 0 Å². The molecular weight excluding hydrogens is 218 g/mol. The lowest BCUT2D eigenvalue weighted by Gasteiger charge is -2.22. The Morgan fingerprint density at radius 3 is 2.53 bits per heavy atom. The van der Waals surface area contributed by atoms with Gasteiger partial charge in [-0.3, -0.25) is 0 Å². The molecule has 0 aliphatic heterocycles. The zero-order valence-electron chi connectivity index (χ0n) is 11.2. The number of nitrogens with zero attached hydrogens (tertiary/aromatic N) is 1. The van der Waals surface area contributed by atoms with Crippen LogP contribution < -0.4 is 11.1 Å². The molecule has 5 nitrogen and oxygen atoms in total. The maximum Gasteiger partial charge on any atom is 0.144 e. The summed E-state index contributed by atoms with van der Waals surface area (Å²) in [7, 11) is 0. The molecule has 0 heterocycles. The van der Waals surface area contributed by atoms with Crippen LogP contribution in [0.25, 0.3) is 0 Å². The van der Waals surface area contributed by atoms with Gasteiger partial charge in [-0.1, -0.05) is 32.3 Å². The molecule has 5 heteroatoms. The number of nitrogens with one attached hydrogen (secondary N) is 1. The predicted molar refractivity (Wildman–Crippen MR) is 70.2 cm³/mol. The monoisotopic (exact) mass is 245 g/mol. The molecule has 0 saturated carbocycles. The number of aliphatic hydroxyl groups is 1. The van der Waals surface area contributed by atoms with Crippen molar-refractivity contribution in [2.45, 2.75) is 52.5 Å². The van der Waals surface area contributed by atoms with E-state index >= 15 is 0 Å². The van der Waals surface area contributed by atoms with Crippen molar-refractivity contribution in [1.82, 2.24) is 5.32 Å². The van der Waals surface area contributed by atoms with Crippen LogP contribution in [-0.4, -0.2) is 35.3 Å². The molecule has 0 spiro atoms. The fraction of sp³-hybridized carbons (Fsp3) is 0.917. The van der Waals surface area contributed by atoms with Crippen LogP contribution in [0.5, 0.6) is 0 Å². The predicted octanol–water partition coefficient (Wildman–Crippen LogP) is 1.29. The van der Waals surface area contributed by atoms with Gasteiger partial charge in [0.2, 0.25) is 0 Å². The Morgan fingerprint density at radius 2 is 2.06 bits per heavy atom. The lowest BCUT2D eigenvalue weighted by atomic mass is 9.86. The molecule has 0 aromatic carbocycles. The fourth-order valence-electron chi connectivity index (χ4n) is 1.60. The molecule has 0 bridgehead atoms. The number of amidine groups is 1. The second kappa shape index (κ2) is 8.31. The minimum Gasteiger partial charge on any atom is -0.409 e. The summed E-state index contributed by atoms with van der Waals surface area (Å²) in [4.78, 5) is 0. The molecule has 0 aromatic rings. The smallest absolute Gasteiger partial charge is 0.144 e. The lowest BCUT2D eigenvalue weighted by Crippen LogP contribution is -2.33. The van der Waals surface area contributed by atoms with E-state index in [9.17, 15) is 0 Å². The summed E-state index contributed by atoms with van der Waals surface area (Å²) in [6.07, 6.45) is 3.86. The van der Waals surface area contributed by atoms with Gasteiger partial charge in [-0.25, -0.2) is 0 Å². The molecule has 0 saturated heterocycles. The summed E-state index contributed by atoms with van der Waals surface area (Å²) in [6, 6.07) is 0.201. The Balaban J connectivity index is 3.71. The van der Waals surface area contributed by atoms with Crippen LogP contribution in [0.15, 0.2) is 5.16 Å². The van der Waals surface area contributed by atoms with E-state index in [2.05, 4.69) is 17.4 Å². The third-order valence-corrected chi connectivity index (χ3v) is 3.18. The fourth-order valence-corrected chi connectivity index (χ4v) is 1.60. The molecule has 0 rings (SSSR count). The van der Waals surface area contributed by atoms with Gasteiger partial charge in [0.1, 0.15) is 5.84 Å². The number of hydrogen-bond acceptors (Lipinski definition) is 4. The van der Waals surface area contributed by atoms with Crippen molar-refractivity contribution >= 4 is 5.84 Å². The summed E-state index contributed by atoms with van der Waals surface area (Å²) >= 11 is 0. The summed E-state index contributed by atoms with van der Waals surface area (Å²) < 4.78 is 0. The first-order valence-corrected chi connectivity index (χ1v) is 6.30. The Kier molecular flexibility index (Phi) is 7.91. The molecule has 102 valence electrons. The Morgan fingerprint density at radius 1 is 1.41 bits per heavy atom. The highest BCUT2D eigenvalue weighted by Gasteiger charge is 2.22. The SMILES string of the molecule is CCC(CO)NCCCCC(C)(C)C(N)=NO. The van der Waals surface area contributed by atoms with Crippen LogP contribution in [-0.2, 0) is 0 Å². The first kappa shape index (κ1) is 16.2. The maximum atomic E-state index is 8.99. The third kappa shape index (κ3) is 6.48. The average molecular weight is 245 g/mol. The summed E-state index contributed by atoms with van der Waals surface area (Å²) in [5.74, 6) is 0.284. The van der Waals surface area contributed by atoms with Crippen LogP contribution in [0.1, 0.15) is 46.5 Å². The maximum absolute atomic E-state index is 8.99. The van der Waals surface area contributed by atoms with Crippen molar-refractivity contribution in [3.63, 3.8) is 0 Å². The van der Waals surface area contributed by atoms with E-state index in [0.717, 1.165) is 32.2 Å². The van der Waals surface area contributed by atoms with E-state index in [1.54, 1.807) is 0 Å². The summed E-state index contributed by atoms with van der Waals surface area (Å²) in [5.41, 5.74) is 5.35. The first-order chi connectivity index (χ1) is 7.97. The number of rotatable bonds is 9. The van der Waals surface area contributed by atoms with E-state index in [4.69, 9.17) is 16.0 Å². The molecule has 0 aliphatic carbocycles. The van der Waals surface area contributed by atoms with Crippen molar-refractivity contribution in [2.24, 2.45) is 16.3 Å². The molecule has 0 aliphatic rings. The second-order valence-electron chi connectivity index (χ2n) is 5.07. The number of hydrogen-bond donors (Lipinski definition) is 4. The first-order valence-electron chi connectivity index (χ1n) is 6.30. The van der Waals surface area contributed by atoms with Gasteiger partial charge in [0.15, 0.2) is 0 Å². The van der Waals surface area contributed by atoms with Crippen molar-refractivity contribution in [3.05, 3.63) is 0 Å². The van der Waals surface area contributed by atoms with Crippen LogP contribution in [0, 0.1) is 5.41 Å². The molecule has 0 radical (unpaired) electrons. The minimum absolute atomic E-state index is 0.187. The van der Waals surface area contributed by atoms with Gasteiger partial charge in [0.25, 0.3) is 0 Å². The molecular formula is C12H27N3O2. The number of nitrogens with two attached hydrogens (primary N) is 1. The Bertz CT molecular complexity index is 226. The quantitative estimate of drug-likeness (QED) is 0.162. The topological polar surface area (TPSA) is 90.9 Å². The molecule has 1 atom stereocenters. The molecule has 17 heavy (non-hydrogen) atoms. The number of oxime groups is 1. The largest absolute Gasteiger partial charge is 0.409 e. The Labute approximate surface area is 104 Å². The normalized spacial score (nSPS) is 14.9. The third-order valence-electron chi connectivity index (χ3n) is 3.18. The lowest BCUT2D eigenvalue weighted by molar-refractivity contribution is 0.238. The van der Waals surface area contributed by atoms with Gasteiger partial charge in [-0.05, 0) is 25.8 Å². The number of aliphatic hydroxyl groups excluding tert-OH is 1. The van der Waals surface area contributed by atoms with Crippen LogP contribution >= 0.6 is 0 Å². The Hall–Kier alpha value is -0.810. The average Bonchev–Trinajstić information content (AvgIpc) is 2.32. The zero-order valence-corrected chi connectivity index (χ0v) is 11.2. The van der Waals surface area contributed by atoms with Crippen LogP contribution in [0.2, 0.25) is 0 Å². The van der Waals surface area contributed by atoms with E-state index in [1.807, 2.05) is 13.8 Å². The van der Waals surface area contributed by atoms with Crippen molar-refractivity contribution in [3.8, 4) is 0 Å². The second-order valence-corrected chi connectivity index (χ2v) is 5.07. The minimum atomic E-state index is -0.254. The highest BCUT2D eigenvalue weighted by atomic mass is 16.4. The summed E-state index contributed by atoms with van der Waals surface area (Å²) in [5, 5.41) is 24.0. The highest BCUT2D eigenvalue weighted by molar-refractivity contribution is 5.85. The standard InChI is InChI=1S/C12H27N3O2/c1-4-10(9-16)14-8-6-5-7-12(2,3)11(13)15-17/h10,14,16-17H,4-9H2,1-3H3,(H2,13,15). The molecule has 5 N–H and O–H groups in total. The molecule has 0 aromatic heterocycles. The van der Waals surface area contributed by atoms with E-state index < -0.39 is 0 Å². The van der Waals surface area contributed by atoms with E-state index in [-0.39, 0.29) is 23.9 Å². The molecule has 0 fully saturated rings. The van der Waals surface area contributed by atoms with Crippen molar-refractivity contribution < 1.29 is 10.3 Å². The molecule has 1 unspecified atom stereocenters.